The van der Waals surface area contributed by atoms with Crippen LogP contribution in [0.2, 0.25) is 0 Å². The fraction of sp³-hybridized carbons (Fsp3) is 0.900. The summed E-state index contributed by atoms with van der Waals surface area (Å²) in [7, 11) is 4.18. The van der Waals surface area contributed by atoms with Crippen molar-refractivity contribution < 1.29 is 4.79 Å². The van der Waals surface area contributed by atoms with Crippen LogP contribution in [0.15, 0.2) is 0 Å². The van der Waals surface area contributed by atoms with Gasteiger partial charge in [0.25, 0.3) is 0 Å². The molecular formula is C10H22N2O. The molecule has 78 valence electrons. The van der Waals surface area contributed by atoms with Gasteiger partial charge in [0.1, 0.15) is 0 Å². The fourth-order valence-electron chi connectivity index (χ4n) is 1.41. The zero-order valence-corrected chi connectivity index (χ0v) is 9.26. The van der Waals surface area contributed by atoms with Crippen molar-refractivity contribution in [3.63, 3.8) is 0 Å². The molecule has 0 bridgehead atoms. The first-order chi connectivity index (χ1) is 6.07. The van der Waals surface area contributed by atoms with Gasteiger partial charge in [0, 0.05) is 19.5 Å². The molecule has 1 unspecified atom stereocenters. The van der Waals surface area contributed by atoms with Crippen molar-refractivity contribution in [2.24, 2.45) is 0 Å². The van der Waals surface area contributed by atoms with Gasteiger partial charge in [-0.2, -0.15) is 0 Å². The Bertz CT molecular complexity index is 146. The molecule has 1 amide bonds. The molecule has 0 aliphatic carbocycles. The molecule has 0 saturated carbocycles. The van der Waals surface area contributed by atoms with E-state index in [0.29, 0.717) is 6.04 Å². The number of amides is 1. The van der Waals surface area contributed by atoms with E-state index in [1.54, 1.807) is 6.92 Å². The standard InChI is InChI=1S/C10H22N2O/c1-5-6-10(12(3)4)7-8-11-9(2)13/h10H,5-8H2,1-4H3,(H,11,13). The summed E-state index contributed by atoms with van der Waals surface area (Å²) < 4.78 is 0. The van der Waals surface area contributed by atoms with Gasteiger partial charge in [0.05, 0.1) is 0 Å². The summed E-state index contributed by atoms with van der Waals surface area (Å²) in [4.78, 5) is 12.9. The van der Waals surface area contributed by atoms with E-state index < -0.39 is 0 Å². The van der Waals surface area contributed by atoms with Crippen molar-refractivity contribution >= 4 is 5.91 Å². The van der Waals surface area contributed by atoms with Crippen molar-refractivity contribution in [3.05, 3.63) is 0 Å². The molecular weight excluding hydrogens is 164 g/mol. The van der Waals surface area contributed by atoms with Crippen molar-refractivity contribution in [3.8, 4) is 0 Å². The molecule has 0 heterocycles. The molecule has 1 atom stereocenters. The van der Waals surface area contributed by atoms with E-state index in [-0.39, 0.29) is 5.91 Å². The first-order valence-corrected chi connectivity index (χ1v) is 4.98. The molecule has 0 aromatic heterocycles. The molecule has 0 aliphatic rings. The largest absolute Gasteiger partial charge is 0.356 e. The highest BCUT2D eigenvalue weighted by Crippen LogP contribution is 2.06. The molecule has 0 aliphatic heterocycles. The molecule has 0 radical (unpaired) electrons. The van der Waals surface area contributed by atoms with Crippen LogP contribution in [0.25, 0.3) is 0 Å². The maximum Gasteiger partial charge on any atom is 0.216 e. The van der Waals surface area contributed by atoms with Crippen molar-refractivity contribution in [2.45, 2.75) is 39.2 Å². The monoisotopic (exact) mass is 186 g/mol. The lowest BCUT2D eigenvalue weighted by Crippen LogP contribution is -2.32. The van der Waals surface area contributed by atoms with E-state index in [4.69, 9.17) is 0 Å². The van der Waals surface area contributed by atoms with Gasteiger partial charge in [0.15, 0.2) is 0 Å². The summed E-state index contributed by atoms with van der Waals surface area (Å²) in [6.07, 6.45) is 3.44. The maximum absolute atomic E-state index is 10.6. The van der Waals surface area contributed by atoms with Gasteiger partial charge in [-0.3, -0.25) is 4.79 Å². The van der Waals surface area contributed by atoms with Gasteiger partial charge in [0.2, 0.25) is 5.91 Å². The number of rotatable bonds is 6. The maximum atomic E-state index is 10.6. The molecule has 0 spiro atoms. The van der Waals surface area contributed by atoms with Crippen LogP contribution in [0.5, 0.6) is 0 Å². The lowest BCUT2D eigenvalue weighted by atomic mass is 10.1. The van der Waals surface area contributed by atoms with E-state index >= 15 is 0 Å². The number of carbonyl (C=O) groups excluding carboxylic acids is 1. The number of nitrogens with zero attached hydrogens (tertiary/aromatic N) is 1. The SMILES string of the molecule is CCCC(CCNC(C)=O)N(C)C. The average Bonchev–Trinajstić information content (AvgIpc) is 2.02. The Balaban J connectivity index is 3.62. The van der Waals surface area contributed by atoms with E-state index in [9.17, 15) is 4.79 Å². The second kappa shape index (κ2) is 6.89. The van der Waals surface area contributed by atoms with Crippen LogP contribution >= 0.6 is 0 Å². The van der Waals surface area contributed by atoms with E-state index in [1.807, 2.05) is 0 Å². The predicted molar refractivity (Wildman–Crippen MR) is 55.7 cm³/mol. The molecule has 0 rings (SSSR count). The Labute approximate surface area is 81.5 Å². The van der Waals surface area contributed by atoms with Crippen LogP contribution in [0.3, 0.4) is 0 Å². The Morgan fingerprint density at radius 3 is 2.38 bits per heavy atom. The summed E-state index contributed by atoms with van der Waals surface area (Å²) in [5.74, 6) is 0.0639. The van der Waals surface area contributed by atoms with Crippen molar-refractivity contribution in [2.75, 3.05) is 20.6 Å². The van der Waals surface area contributed by atoms with Gasteiger partial charge in [-0.1, -0.05) is 13.3 Å². The van der Waals surface area contributed by atoms with E-state index in [1.165, 1.54) is 12.8 Å². The van der Waals surface area contributed by atoms with Gasteiger partial charge < -0.3 is 10.2 Å². The van der Waals surface area contributed by atoms with Gasteiger partial charge in [-0.05, 0) is 26.9 Å². The van der Waals surface area contributed by atoms with Crippen LogP contribution < -0.4 is 5.32 Å². The van der Waals surface area contributed by atoms with Crippen LogP contribution in [-0.2, 0) is 4.79 Å². The normalized spacial score (nSPS) is 13.0. The zero-order chi connectivity index (χ0) is 10.3. The number of hydrogen-bond acceptors (Lipinski definition) is 2. The first kappa shape index (κ1) is 12.4. The highest BCUT2D eigenvalue weighted by Gasteiger charge is 2.09. The summed E-state index contributed by atoms with van der Waals surface area (Å²) in [6, 6.07) is 0.594. The highest BCUT2D eigenvalue weighted by molar-refractivity contribution is 5.72. The second-order valence-electron chi connectivity index (χ2n) is 3.68. The Morgan fingerprint density at radius 1 is 1.38 bits per heavy atom. The topological polar surface area (TPSA) is 32.3 Å². The summed E-state index contributed by atoms with van der Waals surface area (Å²) in [5.41, 5.74) is 0. The quantitative estimate of drug-likeness (QED) is 0.677. The second-order valence-corrected chi connectivity index (χ2v) is 3.68. The van der Waals surface area contributed by atoms with Gasteiger partial charge in [-0.25, -0.2) is 0 Å². The molecule has 0 aromatic rings. The Kier molecular flexibility index (Phi) is 6.59. The highest BCUT2D eigenvalue weighted by atomic mass is 16.1. The molecule has 3 heteroatoms. The average molecular weight is 186 g/mol. The van der Waals surface area contributed by atoms with Gasteiger partial charge >= 0.3 is 0 Å². The van der Waals surface area contributed by atoms with Crippen LogP contribution in [-0.4, -0.2) is 37.5 Å². The zero-order valence-electron chi connectivity index (χ0n) is 9.26. The minimum absolute atomic E-state index is 0.0639. The molecule has 3 nitrogen and oxygen atoms in total. The third-order valence-electron chi connectivity index (χ3n) is 2.20. The number of nitrogens with one attached hydrogen (secondary N) is 1. The molecule has 0 saturated heterocycles. The molecule has 0 aromatic carbocycles. The molecule has 1 N–H and O–H groups in total. The Hall–Kier alpha value is -0.570. The predicted octanol–water partition coefficient (Wildman–Crippen LogP) is 1.24. The summed E-state index contributed by atoms with van der Waals surface area (Å²) >= 11 is 0. The summed E-state index contributed by atoms with van der Waals surface area (Å²) in [6.45, 7) is 4.54. The minimum Gasteiger partial charge on any atom is -0.356 e. The first-order valence-electron chi connectivity index (χ1n) is 4.98. The smallest absolute Gasteiger partial charge is 0.216 e. The van der Waals surface area contributed by atoms with Crippen molar-refractivity contribution in [1.82, 2.24) is 10.2 Å². The fourth-order valence-corrected chi connectivity index (χ4v) is 1.41. The minimum atomic E-state index is 0.0639. The van der Waals surface area contributed by atoms with E-state index in [0.717, 1.165) is 13.0 Å². The Morgan fingerprint density at radius 2 is 2.00 bits per heavy atom. The third kappa shape index (κ3) is 6.58. The molecule has 13 heavy (non-hydrogen) atoms. The van der Waals surface area contributed by atoms with Crippen molar-refractivity contribution in [1.29, 1.82) is 0 Å². The molecule has 0 fully saturated rings. The summed E-state index contributed by atoms with van der Waals surface area (Å²) in [5, 5.41) is 2.82. The number of carbonyl (C=O) groups is 1. The number of hydrogen-bond donors (Lipinski definition) is 1. The lowest BCUT2D eigenvalue weighted by Gasteiger charge is -2.23. The van der Waals surface area contributed by atoms with E-state index in [2.05, 4.69) is 31.2 Å². The lowest BCUT2D eigenvalue weighted by molar-refractivity contribution is -0.119. The third-order valence-corrected chi connectivity index (χ3v) is 2.20. The van der Waals surface area contributed by atoms with Crippen LogP contribution in [0, 0.1) is 0 Å². The van der Waals surface area contributed by atoms with Crippen LogP contribution in [0.4, 0.5) is 0 Å². The van der Waals surface area contributed by atoms with Crippen LogP contribution in [0.1, 0.15) is 33.1 Å². The van der Waals surface area contributed by atoms with Gasteiger partial charge in [-0.15, -0.1) is 0 Å².